The molecule has 0 radical (unpaired) electrons. The lowest BCUT2D eigenvalue weighted by Crippen LogP contribution is -2.10. The Hall–Kier alpha value is -3.12. The van der Waals surface area contributed by atoms with Gasteiger partial charge in [-0.15, -0.1) is 11.3 Å². The average molecular weight is 391 g/mol. The molecule has 4 rings (SSSR count). The smallest absolute Gasteiger partial charge is 0.225 e. The highest BCUT2D eigenvalue weighted by Crippen LogP contribution is 2.24. The molecule has 0 atom stereocenters. The molecule has 2 N–H and O–H groups in total. The molecule has 0 aliphatic carbocycles. The van der Waals surface area contributed by atoms with E-state index in [9.17, 15) is 0 Å². The molecule has 2 aromatic heterocycles. The van der Waals surface area contributed by atoms with Crippen LogP contribution in [0.1, 0.15) is 10.4 Å². The van der Waals surface area contributed by atoms with Gasteiger partial charge in [0, 0.05) is 28.9 Å². The summed E-state index contributed by atoms with van der Waals surface area (Å²) in [5, 5.41) is 9.91. The molecule has 0 bridgehead atoms. The zero-order chi connectivity index (χ0) is 19.2. The summed E-state index contributed by atoms with van der Waals surface area (Å²) in [7, 11) is 1.69. The van der Waals surface area contributed by atoms with Crippen molar-refractivity contribution in [3.05, 3.63) is 76.5 Å². The number of ether oxygens (including phenoxy) is 1. The maximum atomic E-state index is 5.45. The Morgan fingerprint density at radius 2 is 1.79 bits per heavy atom. The summed E-state index contributed by atoms with van der Waals surface area (Å²) in [5.74, 6) is 2.32. The Bertz CT molecular complexity index is 1050. The van der Waals surface area contributed by atoms with Gasteiger partial charge in [0.2, 0.25) is 5.95 Å². The molecular weight excluding hydrogens is 368 g/mol. The molecule has 28 heavy (non-hydrogen) atoms. The Morgan fingerprint density at radius 1 is 0.929 bits per heavy atom. The van der Waals surface area contributed by atoms with Crippen LogP contribution in [0, 0.1) is 0 Å². The normalized spacial score (nSPS) is 10.8. The van der Waals surface area contributed by atoms with Gasteiger partial charge in [-0.1, -0.05) is 36.4 Å². The number of aromatic nitrogens is 2. The highest BCUT2D eigenvalue weighted by atomic mass is 32.1. The summed E-state index contributed by atoms with van der Waals surface area (Å²) in [6, 6.07) is 20.3. The van der Waals surface area contributed by atoms with E-state index in [2.05, 4.69) is 39.2 Å². The van der Waals surface area contributed by atoms with Crippen molar-refractivity contribution >= 4 is 34.0 Å². The van der Waals surface area contributed by atoms with E-state index in [0.717, 1.165) is 41.0 Å². The number of benzene rings is 2. The summed E-state index contributed by atoms with van der Waals surface area (Å²) in [6.07, 6.45) is 0.956. The predicted molar refractivity (Wildman–Crippen MR) is 116 cm³/mol. The Morgan fingerprint density at radius 3 is 2.64 bits per heavy atom. The van der Waals surface area contributed by atoms with Gasteiger partial charge >= 0.3 is 0 Å². The molecular formula is C22H22N4OS. The van der Waals surface area contributed by atoms with Gasteiger partial charge in [-0.05, 0) is 36.1 Å². The minimum absolute atomic E-state index is 0.625. The van der Waals surface area contributed by atoms with Crippen LogP contribution in [0.5, 0.6) is 5.75 Å². The van der Waals surface area contributed by atoms with Crippen molar-refractivity contribution in [2.24, 2.45) is 0 Å². The molecule has 0 amide bonds. The topological polar surface area (TPSA) is 59.1 Å². The molecule has 6 heteroatoms. The minimum Gasteiger partial charge on any atom is -0.496 e. The maximum Gasteiger partial charge on any atom is 0.225 e. The third kappa shape index (κ3) is 4.23. The summed E-state index contributed by atoms with van der Waals surface area (Å²) in [4.78, 5) is 10.7. The molecule has 0 aliphatic rings. The van der Waals surface area contributed by atoms with Gasteiger partial charge in [-0.3, -0.25) is 0 Å². The van der Waals surface area contributed by atoms with E-state index < -0.39 is 0 Å². The second kappa shape index (κ2) is 8.71. The molecule has 142 valence electrons. The second-order valence-corrected chi connectivity index (χ2v) is 7.37. The maximum absolute atomic E-state index is 5.45. The van der Waals surface area contributed by atoms with E-state index in [1.165, 1.54) is 4.88 Å². The third-order valence-electron chi connectivity index (χ3n) is 4.48. The molecule has 2 aromatic carbocycles. The number of para-hydroxylation sites is 2. The monoisotopic (exact) mass is 390 g/mol. The number of hydrogen-bond acceptors (Lipinski definition) is 6. The van der Waals surface area contributed by atoms with Gasteiger partial charge in [0.05, 0.1) is 12.6 Å². The van der Waals surface area contributed by atoms with E-state index in [1.807, 2.05) is 42.5 Å². The van der Waals surface area contributed by atoms with Crippen LogP contribution in [-0.4, -0.2) is 23.6 Å². The summed E-state index contributed by atoms with van der Waals surface area (Å²) in [6.45, 7) is 1.42. The van der Waals surface area contributed by atoms with E-state index in [-0.39, 0.29) is 0 Å². The second-order valence-electron chi connectivity index (χ2n) is 6.33. The van der Waals surface area contributed by atoms with Gasteiger partial charge in [-0.25, -0.2) is 4.98 Å². The first-order chi connectivity index (χ1) is 13.8. The number of nitrogens with one attached hydrogen (secondary N) is 2. The minimum atomic E-state index is 0.625. The van der Waals surface area contributed by atoms with Crippen LogP contribution >= 0.6 is 11.3 Å². The fourth-order valence-electron chi connectivity index (χ4n) is 3.07. The van der Waals surface area contributed by atoms with Crippen LogP contribution in [0.25, 0.3) is 10.9 Å². The van der Waals surface area contributed by atoms with Gasteiger partial charge in [0.15, 0.2) is 0 Å². The average Bonchev–Trinajstić information content (AvgIpc) is 3.26. The van der Waals surface area contributed by atoms with Gasteiger partial charge < -0.3 is 15.4 Å². The first kappa shape index (κ1) is 18.3. The van der Waals surface area contributed by atoms with E-state index in [1.54, 1.807) is 18.4 Å². The summed E-state index contributed by atoms with van der Waals surface area (Å²) >= 11 is 1.77. The molecule has 0 fully saturated rings. The summed E-state index contributed by atoms with van der Waals surface area (Å²) in [5.41, 5.74) is 2.00. The van der Waals surface area contributed by atoms with Gasteiger partial charge in [0.25, 0.3) is 0 Å². The largest absolute Gasteiger partial charge is 0.496 e. The third-order valence-corrected chi connectivity index (χ3v) is 5.41. The van der Waals surface area contributed by atoms with Crippen LogP contribution in [0.4, 0.5) is 11.8 Å². The zero-order valence-corrected chi connectivity index (χ0v) is 16.5. The van der Waals surface area contributed by atoms with Gasteiger partial charge in [0.1, 0.15) is 11.6 Å². The van der Waals surface area contributed by atoms with Crippen LogP contribution in [0.3, 0.4) is 0 Å². The molecule has 0 spiro atoms. The van der Waals surface area contributed by atoms with Crippen molar-refractivity contribution in [2.45, 2.75) is 13.0 Å². The molecule has 2 heterocycles. The Kier molecular flexibility index (Phi) is 5.68. The lowest BCUT2D eigenvalue weighted by atomic mass is 10.2. The van der Waals surface area contributed by atoms with E-state index >= 15 is 0 Å². The van der Waals surface area contributed by atoms with Crippen molar-refractivity contribution in [3.63, 3.8) is 0 Å². The molecule has 4 aromatic rings. The predicted octanol–water partition coefficient (Wildman–Crippen LogP) is 4.97. The van der Waals surface area contributed by atoms with Crippen molar-refractivity contribution in [1.29, 1.82) is 0 Å². The number of hydrogen-bond donors (Lipinski definition) is 2. The van der Waals surface area contributed by atoms with Crippen LogP contribution in [0.2, 0.25) is 0 Å². The van der Waals surface area contributed by atoms with Crippen LogP contribution in [0.15, 0.2) is 66.0 Å². The quantitative estimate of drug-likeness (QED) is 0.445. The molecule has 0 aliphatic heterocycles. The lowest BCUT2D eigenvalue weighted by molar-refractivity contribution is 0.410. The molecule has 0 saturated heterocycles. The molecule has 0 saturated carbocycles. The lowest BCUT2D eigenvalue weighted by Gasteiger charge is -2.13. The molecule has 0 unspecified atom stereocenters. The number of thiophene rings is 1. The highest BCUT2D eigenvalue weighted by molar-refractivity contribution is 7.09. The van der Waals surface area contributed by atoms with Crippen molar-refractivity contribution in [2.75, 3.05) is 24.3 Å². The summed E-state index contributed by atoms with van der Waals surface area (Å²) < 4.78 is 5.45. The number of rotatable bonds is 8. The van der Waals surface area contributed by atoms with Gasteiger partial charge in [-0.2, -0.15) is 4.98 Å². The van der Waals surface area contributed by atoms with Crippen LogP contribution in [-0.2, 0) is 13.0 Å². The fourth-order valence-corrected chi connectivity index (χ4v) is 3.78. The SMILES string of the molecule is COc1ccccc1CNc1nc(NCCc2cccs2)nc2ccccc12. The number of anilines is 2. The number of nitrogens with zero attached hydrogens (tertiary/aromatic N) is 2. The zero-order valence-electron chi connectivity index (χ0n) is 15.7. The molecule has 5 nitrogen and oxygen atoms in total. The van der Waals surface area contributed by atoms with Crippen molar-refractivity contribution in [1.82, 2.24) is 9.97 Å². The number of methoxy groups -OCH3 is 1. The van der Waals surface area contributed by atoms with E-state index in [4.69, 9.17) is 9.72 Å². The van der Waals surface area contributed by atoms with Crippen molar-refractivity contribution in [3.8, 4) is 5.75 Å². The Balaban J connectivity index is 1.53. The Labute approximate surface area is 168 Å². The van der Waals surface area contributed by atoms with Crippen LogP contribution < -0.4 is 15.4 Å². The highest BCUT2D eigenvalue weighted by Gasteiger charge is 2.09. The number of fused-ring (bicyclic) bond motifs is 1. The first-order valence-corrected chi connectivity index (χ1v) is 10.1. The first-order valence-electron chi connectivity index (χ1n) is 9.22. The fraction of sp³-hybridized carbons (Fsp3) is 0.182. The standard InChI is InChI=1S/C22H22N4OS/c1-27-20-11-5-2-7-16(20)15-24-21-18-9-3-4-10-19(18)25-22(26-21)23-13-12-17-8-6-14-28-17/h2-11,14H,12-13,15H2,1H3,(H2,23,24,25,26). The van der Waals surface area contributed by atoms with E-state index in [0.29, 0.717) is 12.5 Å². The van der Waals surface area contributed by atoms with Crippen molar-refractivity contribution < 1.29 is 4.74 Å².